The number of phenols is 1. The van der Waals surface area contributed by atoms with Gasteiger partial charge >= 0.3 is 0 Å². The predicted molar refractivity (Wildman–Crippen MR) is 186 cm³/mol. The molecule has 1 amide bonds. The van der Waals surface area contributed by atoms with Gasteiger partial charge in [-0.15, -0.1) is 10.2 Å². The number of anilines is 2. The molecule has 1 aromatic carbocycles. The first kappa shape index (κ1) is 33.6. The van der Waals surface area contributed by atoms with Crippen molar-refractivity contribution in [3.8, 4) is 22.9 Å². The minimum Gasteiger partial charge on any atom is -0.507 e. The number of ether oxygens (including phenoxy) is 1. The number of para-hydroxylation sites is 1. The summed E-state index contributed by atoms with van der Waals surface area (Å²) in [6, 6.07) is 11.9. The highest BCUT2D eigenvalue weighted by Gasteiger charge is 2.38. The number of aliphatic hydroxyl groups is 1. The number of phenolic OH excluding ortho intramolecular Hbond substituents is 1. The van der Waals surface area contributed by atoms with E-state index in [2.05, 4.69) is 48.4 Å². The maximum atomic E-state index is 13.2. The van der Waals surface area contributed by atoms with Gasteiger partial charge in [0.15, 0.2) is 11.6 Å². The van der Waals surface area contributed by atoms with Crippen LogP contribution >= 0.6 is 0 Å². The Morgan fingerprint density at radius 2 is 1.86 bits per heavy atom. The van der Waals surface area contributed by atoms with Crippen LogP contribution in [-0.2, 0) is 4.79 Å². The van der Waals surface area contributed by atoms with Crippen LogP contribution in [0.25, 0.3) is 11.3 Å². The lowest BCUT2D eigenvalue weighted by Gasteiger charge is -2.49. The fourth-order valence-electron chi connectivity index (χ4n) is 8.10. The van der Waals surface area contributed by atoms with Gasteiger partial charge in [-0.1, -0.05) is 26.0 Å². The van der Waals surface area contributed by atoms with E-state index in [0.29, 0.717) is 67.0 Å². The van der Waals surface area contributed by atoms with Crippen molar-refractivity contribution in [1.82, 2.24) is 30.1 Å². The number of aliphatic hydroxyl groups excluding tert-OH is 1. The highest BCUT2D eigenvalue weighted by atomic mass is 16.5. The number of carbonyl (C=O) groups excluding carboxylic acids is 1. The van der Waals surface area contributed by atoms with E-state index in [9.17, 15) is 15.0 Å². The molecular weight excluding hydrogens is 624 g/mol. The summed E-state index contributed by atoms with van der Waals surface area (Å²) in [6.07, 6.45) is 2.47. The van der Waals surface area contributed by atoms with Crippen LogP contribution in [-0.4, -0.2) is 130 Å². The maximum Gasteiger partial charge on any atom is 0.254 e. The Labute approximate surface area is 288 Å². The summed E-state index contributed by atoms with van der Waals surface area (Å²) in [7, 11) is 0. The first-order valence-corrected chi connectivity index (χ1v) is 17.9. The second-order valence-electron chi connectivity index (χ2n) is 14.5. The molecule has 13 nitrogen and oxygen atoms in total. The normalized spacial score (nSPS) is 23.2. The van der Waals surface area contributed by atoms with Crippen LogP contribution in [0.15, 0.2) is 40.9 Å². The quantitative estimate of drug-likeness (QED) is 0.291. The Morgan fingerprint density at radius 3 is 2.61 bits per heavy atom. The predicted octanol–water partition coefficient (Wildman–Crippen LogP) is 3.27. The van der Waals surface area contributed by atoms with E-state index in [1.165, 1.54) is 0 Å². The monoisotopic (exact) mass is 674 g/mol. The molecule has 3 saturated heterocycles. The number of nitrogens with one attached hydrogen (secondary N) is 1. The smallest absolute Gasteiger partial charge is 0.254 e. The van der Waals surface area contributed by atoms with E-state index >= 15 is 0 Å². The Hall–Kier alpha value is -3.94. The van der Waals surface area contributed by atoms with E-state index in [1.807, 2.05) is 32.0 Å². The number of nitrogens with zero attached hydrogens (tertiary/aromatic N) is 7. The van der Waals surface area contributed by atoms with Crippen LogP contribution in [0, 0.1) is 11.8 Å². The third kappa shape index (κ3) is 7.20. The van der Waals surface area contributed by atoms with Crippen molar-refractivity contribution in [1.29, 1.82) is 0 Å². The van der Waals surface area contributed by atoms with Gasteiger partial charge < -0.3 is 34.6 Å². The number of likely N-dealkylation sites (tertiary alicyclic amines) is 2. The van der Waals surface area contributed by atoms with Crippen molar-refractivity contribution in [3.63, 3.8) is 0 Å². The second-order valence-corrected chi connectivity index (χ2v) is 14.5. The van der Waals surface area contributed by atoms with Gasteiger partial charge in [-0.05, 0) is 74.5 Å². The van der Waals surface area contributed by atoms with Gasteiger partial charge in [0.2, 0.25) is 5.91 Å². The molecule has 3 fully saturated rings. The van der Waals surface area contributed by atoms with Crippen molar-refractivity contribution in [2.45, 2.75) is 64.1 Å². The maximum absolute atomic E-state index is 13.2. The van der Waals surface area contributed by atoms with Crippen LogP contribution < -0.4 is 15.0 Å². The van der Waals surface area contributed by atoms with Crippen molar-refractivity contribution >= 4 is 17.4 Å². The first-order valence-electron chi connectivity index (χ1n) is 17.9. The first-order chi connectivity index (χ1) is 23.7. The van der Waals surface area contributed by atoms with Gasteiger partial charge in [0.25, 0.3) is 5.88 Å². The fourth-order valence-corrected chi connectivity index (χ4v) is 8.10. The van der Waals surface area contributed by atoms with Crippen molar-refractivity contribution in [2.75, 3.05) is 75.7 Å². The molecule has 4 atom stereocenters. The Kier molecular flexibility index (Phi) is 9.93. The average Bonchev–Trinajstić information content (AvgIpc) is 3.77. The molecule has 1 unspecified atom stereocenters. The van der Waals surface area contributed by atoms with Gasteiger partial charge in [-0.2, -0.15) is 0 Å². The van der Waals surface area contributed by atoms with Gasteiger partial charge in [-0.3, -0.25) is 14.6 Å². The number of fused-ring (bicyclic) bond motifs is 3. The Balaban J connectivity index is 0.869. The zero-order valence-electron chi connectivity index (χ0n) is 28.9. The highest BCUT2D eigenvalue weighted by Crippen LogP contribution is 2.37. The number of aromatic nitrogens is 3. The molecule has 49 heavy (non-hydrogen) atoms. The summed E-state index contributed by atoms with van der Waals surface area (Å²) < 4.78 is 11.6. The van der Waals surface area contributed by atoms with Gasteiger partial charge in [0.05, 0.1) is 23.5 Å². The molecule has 0 spiro atoms. The summed E-state index contributed by atoms with van der Waals surface area (Å²) in [4.78, 5) is 22.5. The number of piperazine rings is 1. The molecule has 4 aliphatic rings. The molecule has 2 aromatic heterocycles. The second kappa shape index (κ2) is 14.5. The largest absolute Gasteiger partial charge is 0.507 e. The molecule has 7 rings (SSSR count). The number of rotatable bonds is 10. The minimum atomic E-state index is -0.453. The standard InChI is InChI=1S/C36H50N8O5/c1-23(2)34(36(47)43-13-10-27(45)22-43)32-19-33(40-49-32)48-17-16-41-11-8-25(9-12-41)24(3)42-14-15-44-26(21-42)20-37-35-30(44)18-29(38-39-35)28-6-4-5-7-31(28)46/h4-7,18-19,23-27,34,45-46H,8-17,20-22H2,1-3H3,(H,37,39)/t24?,26-,27+,34+/m0/s1. The Bertz CT molecular complexity index is 1590. The number of piperidine rings is 1. The summed E-state index contributed by atoms with van der Waals surface area (Å²) in [5.41, 5.74) is 2.44. The zero-order valence-corrected chi connectivity index (χ0v) is 28.9. The van der Waals surface area contributed by atoms with Crippen LogP contribution in [0.5, 0.6) is 11.6 Å². The van der Waals surface area contributed by atoms with Gasteiger partial charge in [-0.25, -0.2) is 0 Å². The SMILES string of the molecule is CC(C)[C@@H](C(=O)N1CC[C@@H](O)C1)c1cc(OCCN2CCC(C(C)N3CCN4c5cc(-c6ccccc6O)nnc5NC[C@H]4C3)CC2)no1. The van der Waals surface area contributed by atoms with E-state index in [1.54, 1.807) is 17.0 Å². The van der Waals surface area contributed by atoms with Crippen molar-refractivity contribution in [2.24, 2.45) is 11.8 Å². The molecule has 0 bridgehead atoms. The zero-order chi connectivity index (χ0) is 34.1. The number of hydrogen-bond acceptors (Lipinski definition) is 12. The lowest BCUT2D eigenvalue weighted by atomic mass is 9.88. The van der Waals surface area contributed by atoms with E-state index in [0.717, 1.165) is 70.2 Å². The molecule has 3 N–H and O–H groups in total. The molecule has 13 heteroatoms. The number of aromatic hydroxyl groups is 1. The summed E-state index contributed by atoms with van der Waals surface area (Å²) >= 11 is 0. The lowest BCUT2D eigenvalue weighted by Crippen LogP contribution is -2.60. The molecule has 0 saturated carbocycles. The summed E-state index contributed by atoms with van der Waals surface area (Å²) in [5, 5.41) is 36.7. The summed E-state index contributed by atoms with van der Waals surface area (Å²) in [5.74, 6) is 2.17. The van der Waals surface area contributed by atoms with Crippen LogP contribution in [0.1, 0.15) is 51.7 Å². The molecule has 264 valence electrons. The lowest BCUT2D eigenvalue weighted by molar-refractivity contribution is -0.133. The van der Waals surface area contributed by atoms with E-state index in [-0.39, 0.29) is 17.6 Å². The average molecular weight is 675 g/mol. The summed E-state index contributed by atoms with van der Waals surface area (Å²) in [6.45, 7) is 14.5. The fraction of sp³-hybridized carbons (Fsp3) is 0.611. The molecule has 4 aliphatic heterocycles. The number of benzene rings is 1. The number of β-amino-alcohol motifs (C(OH)–C–C–N with tert-alkyl or cyclic N) is 1. The number of hydrogen-bond donors (Lipinski definition) is 3. The molecular formula is C36H50N8O5. The van der Waals surface area contributed by atoms with Crippen LogP contribution in [0.4, 0.5) is 11.5 Å². The van der Waals surface area contributed by atoms with Crippen LogP contribution in [0.2, 0.25) is 0 Å². The number of carbonyl (C=O) groups is 1. The van der Waals surface area contributed by atoms with Crippen LogP contribution in [0.3, 0.4) is 0 Å². The third-order valence-electron chi connectivity index (χ3n) is 11.1. The molecule has 0 aliphatic carbocycles. The van der Waals surface area contributed by atoms with Gasteiger partial charge in [0.1, 0.15) is 18.3 Å². The number of amides is 1. The Morgan fingerprint density at radius 1 is 1.04 bits per heavy atom. The topological polar surface area (TPSA) is 144 Å². The molecule has 0 radical (unpaired) electrons. The van der Waals surface area contributed by atoms with E-state index < -0.39 is 12.0 Å². The third-order valence-corrected chi connectivity index (χ3v) is 11.1. The van der Waals surface area contributed by atoms with Crippen molar-refractivity contribution < 1.29 is 24.3 Å². The van der Waals surface area contributed by atoms with Gasteiger partial charge in [0, 0.05) is 63.5 Å². The van der Waals surface area contributed by atoms with Crippen molar-refractivity contribution in [3.05, 3.63) is 42.2 Å². The van der Waals surface area contributed by atoms with E-state index in [4.69, 9.17) is 9.26 Å². The molecule has 3 aromatic rings. The molecule has 6 heterocycles. The minimum absolute atomic E-state index is 0.0249. The highest BCUT2D eigenvalue weighted by molar-refractivity contribution is 5.83.